The van der Waals surface area contributed by atoms with Gasteiger partial charge in [0.05, 0.1) is 21.8 Å². The molecule has 4 N–H and O–H groups in total. The van der Waals surface area contributed by atoms with E-state index in [1.807, 2.05) is 24.3 Å². The number of carboxylic acids is 1. The molecule has 0 aromatic heterocycles. The van der Waals surface area contributed by atoms with Gasteiger partial charge in [-0.25, -0.2) is 4.79 Å². The minimum absolute atomic E-state index is 0.0333. The number of carboxylic acid groups (broad SMARTS) is 1. The van der Waals surface area contributed by atoms with Crippen LogP contribution in [0.25, 0.3) is 11.1 Å². The number of rotatable bonds is 5. The van der Waals surface area contributed by atoms with Crippen LogP contribution in [-0.4, -0.2) is 17.0 Å². The fourth-order valence-electron chi connectivity index (χ4n) is 2.75. The van der Waals surface area contributed by atoms with Crippen LogP contribution < -0.4 is 11.1 Å². The number of halogens is 2. The second kappa shape index (κ2) is 8.44. The summed E-state index contributed by atoms with van der Waals surface area (Å²) in [6, 6.07) is 16.8. The number of carbonyl (C=O) groups is 2. The topological polar surface area (TPSA) is 92.4 Å². The zero-order valence-electron chi connectivity index (χ0n) is 14.6. The van der Waals surface area contributed by atoms with E-state index >= 15 is 0 Å². The third kappa shape index (κ3) is 4.34. The van der Waals surface area contributed by atoms with Crippen molar-refractivity contribution in [2.45, 2.75) is 6.54 Å². The number of nitrogens with two attached hydrogens (primary N) is 1. The van der Waals surface area contributed by atoms with Crippen molar-refractivity contribution < 1.29 is 14.7 Å². The van der Waals surface area contributed by atoms with E-state index in [9.17, 15) is 14.7 Å². The highest BCUT2D eigenvalue weighted by Gasteiger charge is 2.17. The average molecular weight is 415 g/mol. The van der Waals surface area contributed by atoms with Crippen LogP contribution in [0.5, 0.6) is 0 Å². The molecular weight excluding hydrogens is 399 g/mol. The van der Waals surface area contributed by atoms with E-state index in [1.54, 1.807) is 12.1 Å². The van der Waals surface area contributed by atoms with Crippen molar-refractivity contribution in [3.63, 3.8) is 0 Å². The zero-order valence-corrected chi connectivity index (χ0v) is 16.1. The van der Waals surface area contributed by atoms with Gasteiger partial charge >= 0.3 is 5.97 Å². The lowest BCUT2D eigenvalue weighted by Gasteiger charge is -2.12. The molecule has 1 amide bonds. The number of carbonyl (C=O) groups excluding carboxylic acids is 1. The third-order valence-electron chi connectivity index (χ3n) is 4.17. The van der Waals surface area contributed by atoms with Crippen molar-refractivity contribution in [2.75, 3.05) is 5.32 Å². The third-order valence-corrected chi connectivity index (χ3v) is 4.72. The van der Waals surface area contributed by atoms with Gasteiger partial charge in [-0.3, -0.25) is 4.79 Å². The minimum Gasteiger partial charge on any atom is -0.478 e. The van der Waals surface area contributed by atoms with E-state index in [2.05, 4.69) is 5.32 Å². The van der Waals surface area contributed by atoms with E-state index in [4.69, 9.17) is 28.9 Å². The molecule has 0 fully saturated rings. The first-order valence-corrected chi connectivity index (χ1v) is 9.07. The van der Waals surface area contributed by atoms with Crippen molar-refractivity contribution >= 4 is 40.8 Å². The lowest BCUT2D eigenvalue weighted by Crippen LogP contribution is -2.15. The summed E-state index contributed by atoms with van der Waals surface area (Å²) in [6.07, 6.45) is 0. The summed E-state index contributed by atoms with van der Waals surface area (Å²) >= 11 is 11.9. The van der Waals surface area contributed by atoms with E-state index in [0.717, 1.165) is 11.1 Å². The predicted octanol–water partition coefficient (Wildman–Crippen LogP) is 5.07. The second-order valence-electron chi connectivity index (χ2n) is 6.05. The molecule has 0 spiro atoms. The van der Waals surface area contributed by atoms with Crippen LogP contribution in [0.1, 0.15) is 26.3 Å². The van der Waals surface area contributed by atoms with Crippen LogP contribution in [0.15, 0.2) is 60.7 Å². The molecule has 3 rings (SSSR count). The number of aromatic carboxylic acids is 1. The SMILES string of the molecule is NCc1cccc(-c2ccc(NC(=O)c3ccc(Cl)cc3Cl)c(C(=O)O)c2)c1. The molecule has 0 aliphatic carbocycles. The first-order chi connectivity index (χ1) is 13.4. The molecule has 0 saturated carbocycles. The molecule has 0 unspecified atom stereocenters. The Morgan fingerprint density at radius 2 is 1.68 bits per heavy atom. The Balaban J connectivity index is 1.95. The van der Waals surface area contributed by atoms with E-state index < -0.39 is 11.9 Å². The molecule has 0 atom stereocenters. The monoisotopic (exact) mass is 414 g/mol. The van der Waals surface area contributed by atoms with Crippen molar-refractivity contribution in [2.24, 2.45) is 5.73 Å². The first kappa shape index (κ1) is 19.9. The lowest BCUT2D eigenvalue weighted by atomic mass is 10.00. The molecule has 0 aliphatic rings. The Bertz CT molecular complexity index is 1070. The van der Waals surface area contributed by atoms with E-state index in [-0.39, 0.29) is 21.8 Å². The quantitative estimate of drug-likeness (QED) is 0.543. The van der Waals surface area contributed by atoms with Gasteiger partial charge in [-0.05, 0) is 53.1 Å². The van der Waals surface area contributed by atoms with Gasteiger partial charge in [-0.15, -0.1) is 0 Å². The largest absolute Gasteiger partial charge is 0.478 e. The van der Waals surface area contributed by atoms with Crippen LogP contribution >= 0.6 is 23.2 Å². The number of benzene rings is 3. The minimum atomic E-state index is -1.16. The highest BCUT2D eigenvalue weighted by molar-refractivity contribution is 6.37. The van der Waals surface area contributed by atoms with Gasteiger partial charge in [0.2, 0.25) is 0 Å². The van der Waals surface area contributed by atoms with Gasteiger partial charge in [0.1, 0.15) is 0 Å². The smallest absolute Gasteiger partial charge is 0.337 e. The second-order valence-corrected chi connectivity index (χ2v) is 6.89. The zero-order chi connectivity index (χ0) is 20.3. The van der Waals surface area contributed by atoms with Gasteiger partial charge in [-0.2, -0.15) is 0 Å². The van der Waals surface area contributed by atoms with Gasteiger partial charge in [0.25, 0.3) is 5.91 Å². The van der Waals surface area contributed by atoms with Gasteiger partial charge < -0.3 is 16.2 Å². The maximum absolute atomic E-state index is 12.5. The number of amides is 1. The van der Waals surface area contributed by atoms with Crippen molar-refractivity contribution in [3.05, 3.63) is 87.4 Å². The summed E-state index contributed by atoms with van der Waals surface area (Å²) in [5, 5.41) is 12.8. The maximum Gasteiger partial charge on any atom is 0.337 e. The molecule has 0 aliphatic heterocycles. The molecule has 5 nitrogen and oxygen atoms in total. The number of hydrogen-bond donors (Lipinski definition) is 3. The summed E-state index contributed by atoms with van der Waals surface area (Å²) in [6.45, 7) is 0.385. The van der Waals surface area contributed by atoms with Crippen LogP contribution in [-0.2, 0) is 6.54 Å². The van der Waals surface area contributed by atoms with Gasteiger partial charge in [0.15, 0.2) is 0 Å². The lowest BCUT2D eigenvalue weighted by molar-refractivity contribution is 0.0698. The van der Waals surface area contributed by atoms with E-state index in [0.29, 0.717) is 17.1 Å². The van der Waals surface area contributed by atoms with Crippen LogP contribution in [0.4, 0.5) is 5.69 Å². The van der Waals surface area contributed by atoms with Crippen molar-refractivity contribution in [3.8, 4) is 11.1 Å². The molecule has 3 aromatic rings. The van der Waals surface area contributed by atoms with Crippen LogP contribution in [0, 0.1) is 0 Å². The Hall–Kier alpha value is -2.86. The van der Waals surface area contributed by atoms with E-state index in [1.165, 1.54) is 24.3 Å². The highest BCUT2D eigenvalue weighted by Crippen LogP contribution is 2.28. The van der Waals surface area contributed by atoms with Gasteiger partial charge in [0, 0.05) is 11.6 Å². The number of hydrogen-bond acceptors (Lipinski definition) is 3. The molecule has 28 heavy (non-hydrogen) atoms. The van der Waals surface area contributed by atoms with Crippen LogP contribution in [0.2, 0.25) is 10.0 Å². The normalized spacial score (nSPS) is 10.5. The first-order valence-electron chi connectivity index (χ1n) is 8.32. The summed E-state index contributed by atoms with van der Waals surface area (Å²) < 4.78 is 0. The maximum atomic E-state index is 12.5. The van der Waals surface area contributed by atoms with Crippen molar-refractivity contribution in [1.82, 2.24) is 0 Å². The Morgan fingerprint density at radius 1 is 0.929 bits per heavy atom. The highest BCUT2D eigenvalue weighted by atomic mass is 35.5. The average Bonchev–Trinajstić information content (AvgIpc) is 2.68. The fourth-order valence-corrected chi connectivity index (χ4v) is 3.25. The Kier molecular flexibility index (Phi) is 5.99. The molecule has 0 radical (unpaired) electrons. The standard InChI is InChI=1S/C21H16Cl2N2O3/c22-15-5-6-16(18(23)10-15)20(26)25-19-7-4-14(9-17(19)21(27)28)13-3-1-2-12(8-13)11-24/h1-10H,11,24H2,(H,25,26)(H,27,28). The number of nitrogens with one attached hydrogen (secondary N) is 1. The van der Waals surface area contributed by atoms with Gasteiger partial charge in [-0.1, -0.05) is 47.5 Å². The predicted molar refractivity (Wildman–Crippen MR) is 111 cm³/mol. The Labute approximate surface area is 171 Å². The molecular formula is C21H16Cl2N2O3. The fraction of sp³-hybridized carbons (Fsp3) is 0.0476. The molecule has 0 saturated heterocycles. The van der Waals surface area contributed by atoms with Crippen LogP contribution in [0.3, 0.4) is 0 Å². The number of anilines is 1. The molecule has 0 bridgehead atoms. The molecule has 142 valence electrons. The summed E-state index contributed by atoms with van der Waals surface area (Å²) in [5.74, 6) is -1.68. The Morgan fingerprint density at radius 3 is 2.36 bits per heavy atom. The molecule has 0 heterocycles. The summed E-state index contributed by atoms with van der Waals surface area (Å²) in [7, 11) is 0. The molecule has 3 aromatic carbocycles. The molecule has 7 heteroatoms. The summed E-state index contributed by atoms with van der Waals surface area (Å²) in [4.78, 5) is 24.3. The summed E-state index contributed by atoms with van der Waals surface area (Å²) in [5.41, 5.74) is 8.48. The van der Waals surface area contributed by atoms with Crippen molar-refractivity contribution in [1.29, 1.82) is 0 Å².